The lowest BCUT2D eigenvalue weighted by atomic mass is 9.60. The van der Waals surface area contributed by atoms with Crippen molar-refractivity contribution in [2.24, 2.45) is 0 Å². The van der Waals surface area contributed by atoms with E-state index in [9.17, 15) is 4.39 Å². The third-order valence-electron chi connectivity index (χ3n) is 3.50. The Labute approximate surface area is 81.1 Å². The Hall–Kier alpha value is -0.0451. The maximum Gasteiger partial charge on any atom is 0.120 e. The van der Waals surface area contributed by atoms with Crippen LogP contribution in [0.15, 0.2) is 0 Å². The highest BCUT2D eigenvalue weighted by Gasteiger charge is 2.42. The van der Waals surface area contributed by atoms with Gasteiger partial charge in [-0.1, -0.05) is 6.42 Å². The van der Waals surface area contributed by atoms with Gasteiger partial charge in [0.05, 0.1) is 7.85 Å². The lowest BCUT2D eigenvalue weighted by Gasteiger charge is -2.52. The number of alkyl halides is 1. The molecule has 2 rings (SSSR count). The van der Waals surface area contributed by atoms with Crippen molar-refractivity contribution in [2.45, 2.75) is 50.1 Å². The van der Waals surface area contributed by atoms with Gasteiger partial charge >= 0.3 is 0 Å². The molecule has 1 heterocycles. The molecular formula is C10H17BFN. The van der Waals surface area contributed by atoms with Crippen LogP contribution in [0.1, 0.15) is 39.0 Å². The Bertz CT molecular complexity index is 201. The van der Waals surface area contributed by atoms with Gasteiger partial charge in [0, 0.05) is 6.54 Å². The fraction of sp³-hybridized carbons (Fsp3) is 1.00. The summed E-state index contributed by atoms with van der Waals surface area (Å²) in [5.41, 5.74) is -1.17. The summed E-state index contributed by atoms with van der Waals surface area (Å²) in [7, 11) is 6.16. The number of halogens is 1. The highest BCUT2D eigenvalue weighted by Crippen LogP contribution is 2.38. The number of hydrogen-bond donors (Lipinski definition) is 0. The molecule has 1 nitrogen and oxygen atoms in total. The maximum absolute atomic E-state index is 13.7. The van der Waals surface area contributed by atoms with E-state index in [4.69, 9.17) is 7.85 Å². The molecule has 1 saturated carbocycles. The second-order valence-corrected chi connectivity index (χ2v) is 4.90. The molecule has 0 aromatic heterocycles. The summed E-state index contributed by atoms with van der Waals surface area (Å²) in [4.78, 5) is 2.15. The summed E-state index contributed by atoms with van der Waals surface area (Å²) in [5, 5.41) is 0. The normalized spacial score (nSPS) is 39.8. The molecule has 2 aliphatic rings. The molecular weight excluding hydrogens is 164 g/mol. The number of rotatable bonds is 1. The predicted octanol–water partition coefficient (Wildman–Crippen LogP) is 1.86. The van der Waals surface area contributed by atoms with Crippen molar-refractivity contribution in [3.8, 4) is 0 Å². The van der Waals surface area contributed by atoms with Crippen molar-refractivity contribution in [3.63, 3.8) is 0 Å². The molecule has 1 saturated heterocycles. The molecule has 0 N–H and O–H groups in total. The van der Waals surface area contributed by atoms with Crippen LogP contribution >= 0.6 is 0 Å². The molecule has 2 fully saturated rings. The summed E-state index contributed by atoms with van der Waals surface area (Å²) < 4.78 is 13.7. The van der Waals surface area contributed by atoms with Gasteiger partial charge in [0.15, 0.2) is 0 Å². The van der Waals surface area contributed by atoms with E-state index in [1.165, 1.54) is 6.42 Å². The fourth-order valence-corrected chi connectivity index (χ4v) is 2.43. The molecule has 0 aromatic carbocycles. The van der Waals surface area contributed by atoms with Gasteiger partial charge in [0.1, 0.15) is 5.67 Å². The van der Waals surface area contributed by atoms with Crippen LogP contribution in [-0.4, -0.2) is 36.9 Å². The Morgan fingerprint density at radius 1 is 1.23 bits per heavy atom. The lowest BCUT2D eigenvalue weighted by Crippen LogP contribution is -2.59. The third-order valence-corrected chi connectivity index (χ3v) is 3.50. The quantitative estimate of drug-likeness (QED) is 0.558. The number of hydrogen-bond acceptors (Lipinski definition) is 1. The van der Waals surface area contributed by atoms with E-state index in [0.717, 1.165) is 25.8 Å². The van der Waals surface area contributed by atoms with Gasteiger partial charge in [-0.3, -0.25) is 0 Å². The summed E-state index contributed by atoms with van der Waals surface area (Å²) in [6.45, 7) is 3.21. The molecule has 2 radical (unpaired) electrons. The minimum atomic E-state index is -1.01. The summed E-state index contributed by atoms with van der Waals surface area (Å²) in [6, 6.07) is 0. The van der Waals surface area contributed by atoms with Crippen LogP contribution in [-0.2, 0) is 0 Å². The molecule has 3 heteroatoms. The first-order valence-electron chi connectivity index (χ1n) is 5.25. The van der Waals surface area contributed by atoms with Crippen LogP contribution < -0.4 is 0 Å². The molecule has 13 heavy (non-hydrogen) atoms. The first kappa shape index (κ1) is 9.51. The van der Waals surface area contributed by atoms with Gasteiger partial charge in [-0.25, -0.2) is 4.39 Å². The average molecular weight is 181 g/mol. The van der Waals surface area contributed by atoms with Gasteiger partial charge in [-0.15, -0.1) is 0 Å². The van der Waals surface area contributed by atoms with E-state index < -0.39 is 5.67 Å². The summed E-state index contributed by atoms with van der Waals surface area (Å²) in [6.07, 6.45) is 4.94. The van der Waals surface area contributed by atoms with Crippen LogP contribution in [0, 0.1) is 0 Å². The summed E-state index contributed by atoms with van der Waals surface area (Å²) in [5.74, 6) is 0. The second-order valence-electron chi connectivity index (χ2n) is 4.90. The fourth-order valence-electron chi connectivity index (χ4n) is 2.43. The second kappa shape index (κ2) is 2.98. The first-order chi connectivity index (χ1) is 6.02. The van der Waals surface area contributed by atoms with Crippen molar-refractivity contribution in [2.75, 3.05) is 13.1 Å². The molecule has 1 aliphatic heterocycles. The van der Waals surface area contributed by atoms with Gasteiger partial charge in [-0.05, 0) is 44.6 Å². The summed E-state index contributed by atoms with van der Waals surface area (Å²) >= 11 is 0. The first-order valence-corrected chi connectivity index (χ1v) is 5.25. The molecule has 0 bridgehead atoms. The zero-order chi connectivity index (χ0) is 9.53. The topological polar surface area (TPSA) is 3.24 Å². The number of nitrogens with zero attached hydrogens (tertiary/aromatic N) is 1. The van der Waals surface area contributed by atoms with Crippen LogP contribution in [0.5, 0.6) is 0 Å². The van der Waals surface area contributed by atoms with Crippen molar-refractivity contribution in [1.29, 1.82) is 0 Å². The Morgan fingerprint density at radius 3 is 2.38 bits per heavy atom. The van der Waals surface area contributed by atoms with Crippen molar-refractivity contribution < 1.29 is 4.39 Å². The van der Waals surface area contributed by atoms with Crippen LogP contribution in [0.4, 0.5) is 4.39 Å². The minimum absolute atomic E-state index is 0.159. The van der Waals surface area contributed by atoms with Crippen molar-refractivity contribution >= 4 is 7.85 Å². The number of piperidine rings is 1. The molecule has 72 valence electrons. The largest absolute Gasteiger partial charge is 0.303 e. The molecule has 0 spiro atoms. The van der Waals surface area contributed by atoms with E-state index in [0.29, 0.717) is 13.0 Å². The highest BCUT2D eigenvalue weighted by molar-refractivity contribution is 6.15. The van der Waals surface area contributed by atoms with Gasteiger partial charge in [0.25, 0.3) is 0 Å². The maximum atomic E-state index is 13.7. The van der Waals surface area contributed by atoms with E-state index in [2.05, 4.69) is 4.90 Å². The minimum Gasteiger partial charge on any atom is -0.303 e. The zero-order valence-electron chi connectivity index (χ0n) is 8.35. The molecule has 1 atom stereocenters. The van der Waals surface area contributed by atoms with Gasteiger partial charge < -0.3 is 4.90 Å². The molecule has 1 aliphatic carbocycles. The highest BCUT2D eigenvalue weighted by atomic mass is 19.1. The van der Waals surface area contributed by atoms with Gasteiger partial charge in [-0.2, -0.15) is 0 Å². The Morgan fingerprint density at radius 2 is 1.92 bits per heavy atom. The standard InChI is InChI=1S/C10H17BFN/c1-9(12)4-3-7-13(8-9)10(11)5-2-6-10/h2-8H2,1H3. The van der Waals surface area contributed by atoms with E-state index in [1.807, 2.05) is 0 Å². The van der Waals surface area contributed by atoms with Gasteiger partial charge in [0.2, 0.25) is 0 Å². The van der Waals surface area contributed by atoms with E-state index in [1.54, 1.807) is 6.92 Å². The smallest absolute Gasteiger partial charge is 0.120 e. The number of likely N-dealkylation sites (tertiary alicyclic amines) is 1. The zero-order valence-corrected chi connectivity index (χ0v) is 8.35. The Balaban J connectivity index is 2.00. The third kappa shape index (κ3) is 1.76. The van der Waals surface area contributed by atoms with Crippen LogP contribution in [0.2, 0.25) is 0 Å². The average Bonchev–Trinajstić information content (AvgIpc) is 1.98. The van der Waals surface area contributed by atoms with Crippen molar-refractivity contribution in [3.05, 3.63) is 0 Å². The SMILES string of the molecule is [B]C1(N2CCCC(C)(F)C2)CCC1. The van der Waals surface area contributed by atoms with E-state index >= 15 is 0 Å². The monoisotopic (exact) mass is 181 g/mol. The molecule has 1 unspecified atom stereocenters. The predicted molar refractivity (Wildman–Crippen MR) is 52.7 cm³/mol. The van der Waals surface area contributed by atoms with Crippen molar-refractivity contribution in [1.82, 2.24) is 4.90 Å². The van der Waals surface area contributed by atoms with Crippen LogP contribution in [0.25, 0.3) is 0 Å². The molecule has 0 amide bonds. The lowest BCUT2D eigenvalue weighted by molar-refractivity contribution is -0.00665. The van der Waals surface area contributed by atoms with Crippen LogP contribution in [0.3, 0.4) is 0 Å². The Kier molecular flexibility index (Phi) is 2.18. The van der Waals surface area contributed by atoms with E-state index in [-0.39, 0.29) is 5.44 Å². The molecule has 0 aromatic rings.